The lowest BCUT2D eigenvalue weighted by Gasteiger charge is -2.07. The summed E-state index contributed by atoms with van der Waals surface area (Å²) in [4.78, 5) is 8.34. The van der Waals surface area contributed by atoms with E-state index in [-0.39, 0.29) is 0 Å². The number of hydrogen-bond donors (Lipinski definition) is 1. The average Bonchev–Trinajstić information content (AvgIpc) is 2.28. The lowest BCUT2D eigenvalue weighted by atomic mass is 10.1. The zero-order valence-corrected chi connectivity index (χ0v) is 7.71. The van der Waals surface area contributed by atoms with Crippen LogP contribution in [0.1, 0.15) is 23.4 Å². The van der Waals surface area contributed by atoms with Crippen LogP contribution in [0.5, 0.6) is 0 Å². The van der Waals surface area contributed by atoms with Gasteiger partial charge in [-0.05, 0) is 19.8 Å². The Morgan fingerprint density at radius 1 is 1.38 bits per heavy atom. The fraction of sp³-hybridized carbons (Fsp3) is 0.556. The molecule has 0 spiro atoms. The standard InChI is InChI=1S/C9H13N3O/c1-6-7-5-13-4-2-3-8(7)12-9(10)11-6/h2-5H2,1H3,(H2,10,11,12). The average molecular weight is 179 g/mol. The molecular weight excluding hydrogens is 166 g/mol. The molecule has 4 nitrogen and oxygen atoms in total. The Hall–Kier alpha value is -1.16. The highest BCUT2D eigenvalue weighted by Crippen LogP contribution is 2.17. The van der Waals surface area contributed by atoms with Crippen LogP contribution in [0.25, 0.3) is 0 Å². The number of nitrogen functional groups attached to an aromatic ring is 1. The third-order valence-electron chi connectivity index (χ3n) is 2.27. The Bertz CT molecular complexity index is 325. The van der Waals surface area contributed by atoms with Gasteiger partial charge in [0.1, 0.15) is 0 Å². The van der Waals surface area contributed by atoms with E-state index in [0.29, 0.717) is 12.6 Å². The molecule has 0 fully saturated rings. The summed E-state index contributed by atoms with van der Waals surface area (Å²) in [5, 5.41) is 0. The van der Waals surface area contributed by atoms with Gasteiger partial charge in [0.15, 0.2) is 0 Å². The topological polar surface area (TPSA) is 61.0 Å². The molecule has 0 amide bonds. The van der Waals surface area contributed by atoms with Crippen molar-refractivity contribution in [2.24, 2.45) is 0 Å². The van der Waals surface area contributed by atoms with Crippen LogP contribution in [0.3, 0.4) is 0 Å². The molecule has 1 aromatic heterocycles. The summed E-state index contributed by atoms with van der Waals surface area (Å²) >= 11 is 0. The molecule has 70 valence electrons. The summed E-state index contributed by atoms with van der Waals surface area (Å²) in [5.74, 6) is 0.373. The summed E-state index contributed by atoms with van der Waals surface area (Å²) in [5.41, 5.74) is 8.69. The lowest BCUT2D eigenvalue weighted by Crippen LogP contribution is -2.06. The molecule has 1 aromatic rings. The van der Waals surface area contributed by atoms with Crippen LogP contribution in [0.2, 0.25) is 0 Å². The largest absolute Gasteiger partial charge is 0.377 e. The number of hydrogen-bond acceptors (Lipinski definition) is 4. The van der Waals surface area contributed by atoms with Gasteiger partial charge in [0.05, 0.1) is 12.3 Å². The van der Waals surface area contributed by atoms with Crippen LogP contribution in [0.15, 0.2) is 0 Å². The van der Waals surface area contributed by atoms with E-state index >= 15 is 0 Å². The molecule has 0 bridgehead atoms. The van der Waals surface area contributed by atoms with Crippen molar-refractivity contribution >= 4 is 5.95 Å². The zero-order chi connectivity index (χ0) is 9.26. The molecule has 0 atom stereocenters. The molecule has 0 aromatic carbocycles. The quantitative estimate of drug-likeness (QED) is 0.640. The van der Waals surface area contributed by atoms with Crippen molar-refractivity contribution in [2.75, 3.05) is 12.3 Å². The second-order valence-corrected chi connectivity index (χ2v) is 3.25. The zero-order valence-electron chi connectivity index (χ0n) is 7.71. The van der Waals surface area contributed by atoms with Crippen molar-refractivity contribution in [3.05, 3.63) is 17.0 Å². The third-order valence-corrected chi connectivity index (χ3v) is 2.27. The number of aryl methyl sites for hydroxylation is 2. The van der Waals surface area contributed by atoms with Gasteiger partial charge in [0, 0.05) is 17.9 Å². The van der Waals surface area contributed by atoms with Crippen molar-refractivity contribution in [3.63, 3.8) is 0 Å². The number of rotatable bonds is 0. The molecule has 0 saturated carbocycles. The van der Waals surface area contributed by atoms with E-state index in [1.165, 1.54) is 0 Å². The first-order chi connectivity index (χ1) is 6.27. The molecule has 0 unspecified atom stereocenters. The minimum Gasteiger partial charge on any atom is -0.377 e. The van der Waals surface area contributed by atoms with Gasteiger partial charge in [-0.15, -0.1) is 0 Å². The first kappa shape index (κ1) is 8.44. The molecule has 2 rings (SSSR count). The van der Waals surface area contributed by atoms with E-state index in [2.05, 4.69) is 9.97 Å². The summed E-state index contributed by atoms with van der Waals surface area (Å²) in [6.07, 6.45) is 1.96. The molecular formula is C9H13N3O. The molecule has 0 radical (unpaired) electrons. The summed E-state index contributed by atoms with van der Waals surface area (Å²) in [6.45, 7) is 3.38. The molecule has 13 heavy (non-hydrogen) atoms. The highest BCUT2D eigenvalue weighted by molar-refractivity contribution is 5.31. The number of anilines is 1. The van der Waals surface area contributed by atoms with E-state index in [0.717, 1.165) is 36.4 Å². The fourth-order valence-electron chi connectivity index (χ4n) is 1.59. The number of nitrogens with two attached hydrogens (primary N) is 1. The molecule has 2 heterocycles. The van der Waals surface area contributed by atoms with E-state index in [1.807, 2.05) is 6.92 Å². The Kier molecular flexibility index (Phi) is 2.14. The third kappa shape index (κ3) is 1.62. The summed E-state index contributed by atoms with van der Waals surface area (Å²) < 4.78 is 5.42. The highest BCUT2D eigenvalue weighted by Gasteiger charge is 2.13. The molecule has 1 aliphatic rings. The van der Waals surface area contributed by atoms with Crippen LogP contribution in [0, 0.1) is 6.92 Å². The summed E-state index contributed by atoms with van der Waals surface area (Å²) in [7, 11) is 0. The van der Waals surface area contributed by atoms with Gasteiger partial charge in [0.25, 0.3) is 0 Å². The fourth-order valence-corrected chi connectivity index (χ4v) is 1.59. The van der Waals surface area contributed by atoms with Gasteiger partial charge in [0.2, 0.25) is 5.95 Å². The Morgan fingerprint density at radius 3 is 3.08 bits per heavy atom. The number of ether oxygens (including phenoxy) is 1. The second-order valence-electron chi connectivity index (χ2n) is 3.25. The van der Waals surface area contributed by atoms with Crippen LogP contribution >= 0.6 is 0 Å². The van der Waals surface area contributed by atoms with Gasteiger partial charge in [-0.25, -0.2) is 9.97 Å². The van der Waals surface area contributed by atoms with Crippen molar-refractivity contribution < 1.29 is 4.74 Å². The Balaban J connectivity index is 2.47. The molecule has 4 heteroatoms. The number of fused-ring (bicyclic) bond motifs is 1. The maximum absolute atomic E-state index is 5.57. The summed E-state index contributed by atoms with van der Waals surface area (Å²) in [6, 6.07) is 0. The van der Waals surface area contributed by atoms with Gasteiger partial charge in [-0.2, -0.15) is 0 Å². The monoisotopic (exact) mass is 179 g/mol. The maximum Gasteiger partial charge on any atom is 0.220 e. The number of aromatic nitrogens is 2. The molecule has 1 aliphatic heterocycles. The van der Waals surface area contributed by atoms with Gasteiger partial charge >= 0.3 is 0 Å². The number of nitrogens with zero attached hydrogens (tertiary/aromatic N) is 2. The maximum atomic E-state index is 5.57. The minimum absolute atomic E-state index is 0.373. The van der Waals surface area contributed by atoms with Crippen molar-refractivity contribution in [3.8, 4) is 0 Å². The Labute approximate surface area is 77.1 Å². The molecule has 2 N–H and O–H groups in total. The Morgan fingerprint density at radius 2 is 2.23 bits per heavy atom. The van der Waals surface area contributed by atoms with Crippen molar-refractivity contribution in [1.82, 2.24) is 9.97 Å². The predicted octanol–water partition coefficient (Wildman–Crippen LogP) is 0.830. The van der Waals surface area contributed by atoms with Crippen LogP contribution < -0.4 is 5.73 Å². The second kappa shape index (κ2) is 3.30. The van der Waals surface area contributed by atoms with Crippen LogP contribution in [-0.2, 0) is 17.8 Å². The minimum atomic E-state index is 0.373. The first-order valence-electron chi connectivity index (χ1n) is 4.47. The van der Waals surface area contributed by atoms with Crippen molar-refractivity contribution in [2.45, 2.75) is 26.4 Å². The molecule has 0 saturated heterocycles. The highest BCUT2D eigenvalue weighted by atomic mass is 16.5. The van der Waals surface area contributed by atoms with Gasteiger partial charge < -0.3 is 10.5 Å². The van der Waals surface area contributed by atoms with Crippen LogP contribution in [-0.4, -0.2) is 16.6 Å². The van der Waals surface area contributed by atoms with Gasteiger partial charge in [-0.1, -0.05) is 0 Å². The lowest BCUT2D eigenvalue weighted by molar-refractivity contribution is 0.124. The van der Waals surface area contributed by atoms with E-state index in [9.17, 15) is 0 Å². The smallest absolute Gasteiger partial charge is 0.220 e. The SMILES string of the molecule is Cc1nc(N)nc2c1COCCC2. The predicted molar refractivity (Wildman–Crippen MR) is 49.2 cm³/mol. The molecule has 0 aliphatic carbocycles. The van der Waals surface area contributed by atoms with E-state index in [1.54, 1.807) is 0 Å². The van der Waals surface area contributed by atoms with Crippen LogP contribution in [0.4, 0.5) is 5.95 Å². The van der Waals surface area contributed by atoms with Gasteiger partial charge in [-0.3, -0.25) is 0 Å². The first-order valence-corrected chi connectivity index (χ1v) is 4.47. The van der Waals surface area contributed by atoms with E-state index < -0.39 is 0 Å². The van der Waals surface area contributed by atoms with Crippen molar-refractivity contribution in [1.29, 1.82) is 0 Å². The normalized spacial score (nSPS) is 16.4. The van der Waals surface area contributed by atoms with E-state index in [4.69, 9.17) is 10.5 Å².